The van der Waals surface area contributed by atoms with Gasteiger partial charge >= 0.3 is 239 Å². The predicted molar refractivity (Wildman–Crippen MR) is 161 cm³/mol. The molecular formula is C31H37Cl2N3ORu. The Hall–Kier alpha value is -1.88. The summed E-state index contributed by atoms with van der Waals surface area (Å²) in [5.74, 6) is 0. The van der Waals surface area contributed by atoms with Crippen molar-refractivity contribution in [3.05, 3.63) is 94.0 Å². The summed E-state index contributed by atoms with van der Waals surface area (Å²) in [5.41, 5.74) is 9.79. The second-order valence-corrected chi connectivity index (χ2v) is 19.4. The topological polar surface area (TPSA) is 19.0 Å². The molecule has 0 unspecified atom stereocenters. The first-order valence-electron chi connectivity index (χ1n) is 13.2. The molecule has 5 rings (SSSR count). The van der Waals surface area contributed by atoms with Crippen molar-refractivity contribution in [1.82, 2.24) is 4.90 Å². The summed E-state index contributed by atoms with van der Waals surface area (Å²) in [6.45, 7) is 14.7. The van der Waals surface area contributed by atoms with Crippen molar-refractivity contribution in [2.45, 2.75) is 34.2 Å². The first-order valence-corrected chi connectivity index (χ1v) is 19.5. The van der Waals surface area contributed by atoms with Crippen LogP contribution in [0.4, 0.5) is 11.4 Å². The summed E-state index contributed by atoms with van der Waals surface area (Å²) >= 11 is -3.57. The van der Waals surface area contributed by atoms with Crippen molar-refractivity contribution < 1.29 is 16.6 Å². The van der Waals surface area contributed by atoms with Gasteiger partial charge in [0.15, 0.2) is 0 Å². The molecule has 2 saturated heterocycles. The van der Waals surface area contributed by atoms with Gasteiger partial charge in [0.25, 0.3) is 0 Å². The van der Waals surface area contributed by atoms with Crippen LogP contribution >= 0.6 is 19.4 Å². The zero-order chi connectivity index (χ0) is 26.9. The SMILES string of the molecule is Cc1cccc(C)c1N1CCN(c2c(C)cccc2C)[C]1=[Ru]([Cl])([Cl])=[CH]c1ccccc1CN1CCOCC1. The van der Waals surface area contributed by atoms with Crippen LogP contribution in [0.25, 0.3) is 0 Å². The molecule has 0 spiro atoms. The van der Waals surface area contributed by atoms with Crippen LogP contribution in [0.1, 0.15) is 33.4 Å². The van der Waals surface area contributed by atoms with Crippen LogP contribution < -0.4 is 9.80 Å². The van der Waals surface area contributed by atoms with E-state index < -0.39 is 11.9 Å². The van der Waals surface area contributed by atoms with Gasteiger partial charge in [-0.05, 0) is 0 Å². The summed E-state index contributed by atoms with van der Waals surface area (Å²) in [6.07, 6.45) is 0. The van der Waals surface area contributed by atoms with E-state index in [1.165, 1.54) is 39.2 Å². The maximum absolute atomic E-state index is 7.62. The molecule has 0 amide bonds. The number of morpholine rings is 1. The number of rotatable bonds is 5. The van der Waals surface area contributed by atoms with E-state index in [-0.39, 0.29) is 0 Å². The van der Waals surface area contributed by atoms with E-state index in [1.807, 2.05) is 0 Å². The molecule has 2 fully saturated rings. The molecule has 2 aliphatic rings. The second-order valence-electron chi connectivity index (χ2n) is 10.2. The van der Waals surface area contributed by atoms with Gasteiger partial charge < -0.3 is 0 Å². The molecule has 0 atom stereocenters. The van der Waals surface area contributed by atoms with Gasteiger partial charge in [-0.1, -0.05) is 0 Å². The van der Waals surface area contributed by atoms with Gasteiger partial charge in [-0.2, -0.15) is 0 Å². The average Bonchev–Trinajstić information content (AvgIpc) is 3.31. The van der Waals surface area contributed by atoms with E-state index in [1.54, 1.807) is 0 Å². The normalized spacial score (nSPS) is 17.3. The molecule has 4 nitrogen and oxygen atoms in total. The Morgan fingerprint density at radius 1 is 0.711 bits per heavy atom. The minimum absolute atomic E-state index is 0.783. The molecule has 2 aliphatic heterocycles. The van der Waals surface area contributed by atoms with Crippen LogP contribution in [0.15, 0.2) is 60.7 Å². The molecule has 0 N–H and O–H groups in total. The quantitative estimate of drug-likeness (QED) is 0.298. The van der Waals surface area contributed by atoms with Crippen molar-refractivity contribution in [2.24, 2.45) is 0 Å². The number of ether oxygens (including phenoxy) is 1. The molecule has 0 saturated carbocycles. The first kappa shape index (κ1) is 27.7. The van der Waals surface area contributed by atoms with Crippen LogP contribution in [0, 0.1) is 27.7 Å². The van der Waals surface area contributed by atoms with Crippen LogP contribution in [0.5, 0.6) is 0 Å². The van der Waals surface area contributed by atoms with Gasteiger partial charge in [-0.3, -0.25) is 0 Å². The van der Waals surface area contributed by atoms with Crippen molar-refractivity contribution in [2.75, 3.05) is 49.2 Å². The van der Waals surface area contributed by atoms with Crippen LogP contribution in [-0.2, 0) is 23.2 Å². The Bertz CT molecular complexity index is 1350. The molecule has 38 heavy (non-hydrogen) atoms. The van der Waals surface area contributed by atoms with E-state index in [0.29, 0.717) is 0 Å². The fourth-order valence-corrected chi connectivity index (χ4v) is 11.7. The van der Waals surface area contributed by atoms with Gasteiger partial charge in [0, 0.05) is 0 Å². The fraction of sp³-hybridized carbons (Fsp3) is 0.355. The molecule has 0 radical (unpaired) electrons. The molecule has 2 heterocycles. The summed E-state index contributed by atoms with van der Waals surface area (Å²) < 4.78 is 8.83. The van der Waals surface area contributed by atoms with Crippen LogP contribution in [0.3, 0.4) is 0 Å². The summed E-state index contributed by atoms with van der Waals surface area (Å²) in [7, 11) is 15.2. The zero-order valence-electron chi connectivity index (χ0n) is 22.7. The van der Waals surface area contributed by atoms with Crippen LogP contribution in [-0.4, -0.2) is 53.3 Å². The van der Waals surface area contributed by atoms with Crippen molar-refractivity contribution in [3.8, 4) is 0 Å². The summed E-state index contributed by atoms with van der Waals surface area (Å²) in [6, 6.07) is 21.5. The third-order valence-corrected chi connectivity index (χ3v) is 12.9. The van der Waals surface area contributed by atoms with E-state index >= 15 is 0 Å². The zero-order valence-corrected chi connectivity index (χ0v) is 25.9. The van der Waals surface area contributed by atoms with E-state index in [9.17, 15) is 0 Å². The number of para-hydroxylation sites is 2. The Kier molecular flexibility index (Phi) is 8.52. The third kappa shape index (κ3) is 5.69. The van der Waals surface area contributed by atoms with Gasteiger partial charge in [-0.25, -0.2) is 0 Å². The molecule has 204 valence electrons. The minimum atomic E-state index is -3.57. The van der Waals surface area contributed by atoms with E-state index in [4.69, 9.17) is 24.1 Å². The van der Waals surface area contributed by atoms with Gasteiger partial charge in [0.1, 0.15) is 0 Å². The number of hydrogen-bond acceptors (Lipinski definition) is 4. The Labute approximate surface area is 237 Å². The molecule has 0 bridgehead atoms. The fourth-order valence-electron chi connectivity index (χ4n) is 5.61. The second kappa shape index (κ2) is 11.7. The van der Waals surface area contributed by atoms with E-state index in [2.05, 4.69) is 108 Å². The van der Waals surface area contributed by atoms with Crippen molar-refractivity contribution in [3.63, 3.8) is 0 Å². The van der Waals surface area contributed by atoms with Crippen molar-refractivity contribution >= 4 is 39.7 Å². The summed E-state index contributed by atoms with van der Waals surface area (Å²) in [5, 5.41) is 0. The number of hydrogen-bond donors (Lipinski definition) is 0. The molecule has 0 aromatic heterocycles. The monoisotopic (exact) mass is 639 g/mol. The number of anilines is 2. The van der Waals surface area contributed by atoms with Gasteiger partial charge in [-0.15, -0.1) is 0 Å². The average molecular weight is 640 g/mol. The Balaban J connectivity index is 1.71. The summed E-state index contributed by atoms with van der Waals surface area (Å²) in [4.78, 5) is 7.26. The number of benzene rings is 3. The molecule has 7 heteroatoms. The number of aryl methyl sites for hydroxylation is 4. The Morgan fingerprint density at radius 3 is 1.74 bits per heavy atom. The molecular weight excluding hydrogens is 602 g/mol. The number of halogens is 2. The first-order chi connectivity index (χ1) is 18.3. The molecule has 3 aromatic carbocycles. The van der Waals surface area contributed by atoms with Crippen molar-refractivity contribution in [1.29, 1.82) is 0 Å². The standard InChI is InChI=1S/C19H22N2.C12H15NO.2ClH.Ru/c1-14-7-5-8-15(2)18(14)20-11-12-21(13-20)19-16(3)9-6-10-17(19)4;1-11-4-2-3-5-12(11)10-13-6-8-14-9-7-13;;;/h5-10H,11-12H2,1-4H3;1-5H,6-10H2;2*1H;/q;;;;+2/p-2. The third-order valence-electron chi connectivity index (χ3n) is 7.40. The maximum atomic E-state index is 7.62. The van der Waals surface area contributed by atoms with Gasteiger partial charge in [0.2, 0.25) is 0 Å². The van der Waals surface area contributed by atoms with Crippen LogP contribution in [0.2, 0.25) is 0 Å². The van der Waals surface area contributed by atoms with Gasteiger partial charge in [0.05, 0.1) is 0 Å². The predicted octanol–water partition coefficient (Wildman–Crippen LogP) is 6.48. The van der Waals surface area contributed by atoms with E-state index in [0.717, 1.165) is 55.9 Å². The Morgan fingerprint density at radius 2 is 1.21 bits per heavy atom. The molecule has 0 aliphatic carbocycles. The number of nitrogens with zero attached hydrogens (tertiary/aromatic N) is 3. The molecule has 3 aromatic rings.